The quantitative estimate of drug-likeness (QED) is 0.439. The number of rotatable bonds is 6. The topological polar surface area (TPSA) is 115 Å². The molecule has 1 aliphatic rings. The van der Waals surface area contributed by atoms with Crippen LogP contribution in [0.3, 0.4) is 0 Å². The molecule has 1 unspecified atom stereocenters. The van der Waals surface area contributed by atoms with Crippen molar-refractivity contribution in [2.75, 3.05) is 28.6 Å². The fourth-order valence-electron chi connectivity index (χ4n) is 3.61. The second kappa shape index (κ2) is 8.85. The molecule has 0 spiro atoms. The van der Waals surface area contributed by atoms with E-state index in [2.05, 4.69) is 35.8 Å². The second-order valence-electron chi connectivity index (χ2n) is 8.47. The summed E-state index contributed by atoms with van der Waals surface area (Å²) in [7, 11) is 0. The van der Waals surface area contributed by atoms with E-state index in [-0.39, 0.29) is 23.3 Å². The molecular weight excluding hydrogens is 437 g/mol. The Balaban J connectivity index is 1.67. The zero-order valence-corrected chi connectivity index (χ0v) is 18.5. The molecule has 1 saturated heterocycles. The molecule has 3 aromatic rings. The Morgan fingerprint density at radius 2 is 1.91 bits per heavy atom. The third-order valence-electron chi connectivity index (χ3n) is 5.52. The lowest BCUT2D eigenvalue weighted by Gasteiger charge is -2.36. The van der Waals surface area contributed by atoms with Crippen LogP contribution < -0.4 is 15.5 Å². The van der Waals surface area contributed by atoms with Gasteiger partial charge in [0.25, 0.3) is 0 Å². The summed E-state index contributed by atoms with van der Waals surface area (Å²) < 4.78 is 42.9. The summed E-state index contributed by atoms with van der Waals surface area (Å²) in [6.45, 7) is 5.92. The summed E-state index contributed by atoms with van der Waals surface area (Å²) in [5.41, 5.74) is -0.0972. The zero-order valence-electron chi connectivity index (χ0n) is 18.5. The number of hydrogen-bond acceptors (Lipinski definition) is 8. The average molecular weight is 462 g/mol. The highest BCUT2D eigenvalue weighted by Gasteiger charge is 2.31. The molecule has 0 aromatic carbocycles. The molecule has 3 aromatic heterocycles. The fourth-order valence-corrected chi connectivity index (χ4v) is 3.61. The van der Waals surface area contributed by atoms with E-state index in [1.807, 2.05) is 6.92 Å². The highest BCUT2D eigenvalue weighted by molar-refractivity contribution is 5.59. The van der Waals surface area contributed by atoms with Gasteiger partial charge in [0.2, 0.25) is 11.8 Å². The first-order chi connectivity index (χ1) is 15.6. The van der Waals surface area contributed by atoms with Crippen molar-refractivity contribution in [1.82, 2.24) is 25.1 Å². The first-order valence-electron chi connectivity index (χ1n) is 10.5. The standard InChI is InChI=1S/C21H25F3N8O/c1-11-8-15(31-30-11)27-20-28-18(26-12(2)17-14(23)9-13(22)10-25-17)16(24)19(29-20)32-6-4-21(3,33)5-7-32/h8-10,12,33H,4-7H2,1-3H3,(H3,26,27,28,29,30,31). The number of nitrogens with zero attached hydrogens (tertiary/aromatic N) is 5. The lowest BCUT2D eigenvalue weighted by molar-refractivity contribution is 0.0349. The van der Waals surface area contributed by atoms with E-state index >= 15 is 4.39 Å². The Hall–Kier alpha value is -3.41. The average Bonchev–Trinajstić information content (AvgIpc) is 3.15. The van der Waals surface area contributed by atoms with Gasteiger partial charge in [-0.2, -0.15) is 19.5 Å². The number of nitrogens with one attached hydrogen (secondary N) is 3. The molecule has 1 aliphatic heterocycles. The number of aromatic amines is 1. The number of aryl methyl sites for hydroxylation is 1. The van der Waals surface area contributed by atoms with Crippen molar-refractivity contribution >= 4 is 23.4 Å². The maximum Gasteiger partial charge on any atom is 0.232 e. The molecule has 0 saturated carbocycles. The van der Waals surface area contributed by atoms with Crippen molar-refractivity contribution in [1.29, 1.82) is 0 Å². The number of piperidine rings is 1. The van der Waals surface area contributed by atoms with Gasteiger partial charge in [-0.3, -0.25) is 10.1 Å². The lowest BCUT2D eigenvalue weighted by atomic mass is 9.94. The molecule has 0 bridgehead atoms. The second-order valence-corrected chi connectivity index (χ2v) is 8.47. The van der Waals surface area contributed by atoms with Crippen LogP contribution in [-0.2, 0) is 0 Å². The van der Waals surface area contributed by atoms with E-state index in [0.717, 1.165) is 18.0 Å². The van der Waals surface area contributed by atoms with Crippen LogP contribution in [0.25, 0.3) is 0 Å². The van der Waals surface area contributed by atoms with Crippen LogP contribution in [0, 0.1) is 24.4 Å². The van der Waals surface area contributed by atoms with E-state index in [1.54, 1.807) is 24.8 Å². The maximum absolute atomic E-state index is 15.5. The molecule has 12 heteroatoms. The first kappa shape index (κ1) is 22.8. The molecular formula is C21H25F3N8O. The van der Waals surface area contributed by atoms with Crippen molar-refractivity contribution in [3.8, 4) is 0 Å². The Kier molecular flexibility index (Phi) is 6.11. The number of pyridine rings is 1. The van der Waals surface area contributed by atoms with Gasteiger partial charge >= 0.3 is 0 Å². The predicted octanol–water partition coefficient (Wildman–Crippen LogP) is 3.59. The van der Waals surface area contributed by atoms with Gasteiger partial charge < -0.3 is 20.6 Å². The number of aliphatic hydroxyl groups is 1. The van der Waals surface area contributed by atoms with Gasteiger partial charge in [-0.05, 0) is 33.6 Å². The summed E-state index contributed by atoms with van der Waals surface area (Å²) in [6, 6.07) is 1.64. The Labute approximate surface area is 188 Å². The number of hydrogen-bond donors (Lipinski definition) is 4. The van der Waals surface area contributed by atoms with Crippen LogP contribution in [-0.4, -0.2) is 48.9 Å². The molecule has 0 radical (unpaired) electrons. The molecule has 9 nitrogen and oxygen atoms in total. The summed E-state index contributed by atoms with van der Waals surface area (Å²) in [5.74, 6) is -2.00. The van der Waals surface area contributed by atoms with Gasteiger partial charge in [-0.25, -0.2) is 8.78 Å². The number of anilines is 4. The van der Waals surface area contributed by atoms with Crippen molar-refractivity contribution in [2.24, 2.45) is 0 Å². The SMILES string of the molecule is Cc1cc(Nc2nc(NC(C)c3ncc(F)cc3F)c(F)c(N3CCC(C)(O)CC3)n2)n[nH]1. The van der Waals surface area contributed by atoms with E-state index in [1.165, 1.54) is 0 Å². The van der Waals surface area contributed by atoms with Crippen LogP contribution in [0.5, 0.6) is 0 Å². The molecule has 4 heterocycles. The van der Waals surface area contributed by atoms with E-state index in [9.17, 15) is 13.9 Å². The Bertz CT molecular complexity index is 1140. The van der Waals surface area contributed by atoms with E-state index in [0.29, 0.717) is 31.7 Å². The minimum absolute atomic E-state index is 0.0393. The third-order valence-corrected chi connectivity index (χ3v) is 5.52. The molecule has 176 valence electrons. The molecule has 4 N–H and O–H groups in total. The fraction of sp³-hybridized carbons (Fsp3) is 0.429. The van der Waals surface area contributed by atoms with Gasteiger partial charge in [0.1, 0.15) is 11.6 Å². The van der Waals surface area contributed by atoms with Crippen LogP contribution in [0.15, 0.2) is 18.3 Å². The van der Waals surface area contributed by atoms with Crippen molar-refractivity contribution in [3.63, 3.8) is 0 Å². The smallest absolute Gasteiger partial charge is 0.232 e. The summed E-state index contributed by atoms with van der Waals surface area (Å²) in [6.07, 6.45) is 1.79. The Morgan fingerprint density at radius 1 is 1.18 bits per heavy atom. The van der Waals surface area contributed by atoms with E-state index < -0.39 is 29.1 Å². The van der Waals surface area contributed by atoms with Crippen LogP contribution in [0.4, 0.5) is 36.6 Å². The van der Waals surface area contributed by atoms with Crippen molar-refractivity contribution in [3.05, 3.63) is 47.2 Å². The lowest BCUT2D eigenvalue weighted by Crippen LogP contribution is -2.43. The Morgan fingerprint density at radius 3 is 2.55 bits per heavy atom. The molecule has 1 atom stereocenters. The molecule has 0 aliphatic carbocycles. The number of halogens is 3. The van der Waals surface area contributed by atoms with Crippen molar-refractivity contribution in [2.45, 2.75) is 45.3 Å². The molecule has 1 fully saturated rings. The highest BCUT2D eigenvalue weighted by atomic mass is 19.1. The van der Waals surface area contributed by atoms with Gasteiger partial charge in [0, 0.05) is 30.9 Å². The number of aromatic nitrogens is 5. The molecule has 33 heavy (non-hydrogen) atoms. The summed E-state index contributed by atoms with van der Waals surface area (Å²) in [4.78, 5) is 14.0. The van der Waals surface area contributed by atoms with Gasteiger partial charge in [-0.1, -0.05) is 0 Å². The predicted molar refractivity (Wildman–Crippen MR) is 117 cm³/mol. The monoisotopic (exact) mass is 462 g/mol. The number of H-pyrrole nitrogens is 1. The van der Waals surface area contributed by atoms with E-state index in [4.69, 9.17) is 0 Å². The van der Waals surface area contributed by atoms with Gasteiger partial charge in [-0.15, -0.1) is 0 Å². The maximum atomic E-state index is 15.5. The first-order valence-corrected chi connectivity index (χ1v) is 10.5. The molecule has 0 amide bonds. The third kappa shape index (κ3) is 5.16. The highest BCUT2D eigenvalue weighted by Crippen LogP contribution is 2.32. The normalized spacial score (nSPS) is 16.5. The van der Waals surface area contributed by atoms with Crippen LogP contribution in [0.1, 0.15) is 44.1 Å². The minimum Gasteiger partial charge on any atom is -0.390 e. The zero-order chi connectivity index (χ0) is 23.8. The van der Waals surface area contributed by atoms with Crippen molar-refractivity contribution < 1.29 is 18.3 Å². The van der Waals surface area contributed by atoms with Gasteiger partial charge in [0.05, 0.1) is 23.5 Å². The largest absolute Gasteiger partial charge is 0.390 e. The summed E-state index contributed by atoms with van der Waals surface area (Å²) >= 11 is 0. The van der Waals surface area contributed by atoms with Gasteiger partial charge in [0.15, 0.2) is 17.5 Å². The van der Waals surface area contributed by atoms with Crippen LogP contribution >= 0.6 is 0 Å². The minimum atomic E-state index is -0.853. The molecule has 4 rings (SSSR count). The van der Waals surface area contributed by atoms with Crippen LogP contribution in [0.2, 0.25) is 0 Å². The summed E-state index contributed by atoms with van der Waals surface area (Å²) in [5, 5.41) is 22.9.